The predicted octanol–water partition coefficient (Wildman–Crippen LogP) is 3.15. The van der Waals surface area contributed by atoms with E-state index in [4.69, 9.17) is 0 Å². The summed E-state index contributed by atoms with van der Waals surface area (Å²) in [7, 11) is 4.24. The van der Waals surface area contributed by atoms with E-state index in [0.29, 0.717) is 19.0 Å². The maximum absolute atomic E-state index is 13.7. The fourth-order valence-corrected chi connectivity index (χ4v) is 6.24. The lowest BCUT2D eigenvalue weighted by molar-refractivity contribution is -0.0688. The van der Waals surface area contributed by atoms with Crippen LogP contribution in [0.3, 0.4) is 0 Å². The number of anilines is 1. The number of amides is 2. The number of β-amino-alcohol motifs (C(OH)–C–C–N with tert-alkyl or cyclic N) is 1. The monoisotopic (exact) mass is 465 g/mol. The highest BCUT2D eigenvalue weighted by molar-refractivity contribution is 5.93. The van der Waals surface area contributed by atoms with Gasteiger partial charge in [0.05, 0.1) is 36.6 Å². The van der Waals surface area contributed by atoms with Crippen LogP contribution in [0.5, 0.6) is 5.75 Å². The number of urea groups is 1. The van der Waals surface area contributed by atoms with Crippen molar-refractivity contribution in [2.24, 2.45) is 0 Å². The molecule has 1 aromatic carbocycles. The highest BCUT2D eigenvalue weighted by Gasteiger charge is 2.56. The standard InChI is InChI=1S/C26H35N5O3/c1-29(2)17-24(20-7-4-3-5-8-20)11-13-25(14-12-24)18-30(22-27-15-21(32)16-28-22)23(33)31(25)19-26(34)9-6-10-26/h3-5,7-8,15-16,32,34H,6,9-14,17-19H2,1-2H3. The van der Waals surface area contributed by atoms with Gasteiger partial charge < -0.3 is 20.0 Å². The van der Waals surface area contributed by atoms with Crippen molar-refractivity contribution in [3.8, 4) is 5.75 Å². The molecule has 2 saturated carbocycles. The first-order chi connectivity index (χ1) is 16.2. The molecule has 1 aliphatic heterocycles. The molecule has 0 unspecified atom stereocenters. The molecule has 3 aliphatic rings. The van der Waals surface area contributed by atoms with Crippen molar-refractivity contribution in [2.75, 3.05) is 38.6 Å². The lowest BCUT2D eigenvalue weighted by Gasteiger charge is -2.51. The van der Waals surface area contributed by atoms with E-state index in [0.717, 1.165) is 51.5 Å². The Labute approximate surface area is 201 Å². The molecule has 2 aromatic rings. The molecular formula is C26H35N5O3. The first-order valence-corrected chi connectivity index (χ1v) is 12.3. The van der Waals surface area contributed by atoms with Crippen LogP contribution in [0.2, 0.25) is 0 Å². The van der Waals surface area contributed by atoms with Gasteiger partial charge in [-0.25, -0.2) is 14.8 Å². The van der Waals surface area contributed by atoms with Gasteiger partial charge in [-0.3, -0.25) is 4.90 Å². The lowest BCUT2D eigenvalue weighted by Crippen LogP contribution is -2.59. The summed E-state index contributed by atoms with van der Waals surface area (Å²) in [5.41, 5.74) is 0.215. The number of likely N-dealkylation sites (N-methyl/N-ethyl adjacent to an activating group) is 1. The summed E-state index contributed by atoms with van der Waals surface area (Å²) in [6.07, 6.45) is 8.73. The summed E-state index contributed by atoms with van der Waals surface area (Å²) in [5.74, 6) is 0.276. The van der Waals surface area contributed by atoms with Gasteiger partial charge in [0.1, 0.15) is 0 Å². The van der Waals surface area contributed by atoms with E-state index >= 15 is 0 Å². The molecule has 1 spiro atoms. The smallest absolute Gasteiger partial charge is 0.327 e. The molecule has 2 aliphatic carbocycles. The Balaban J connectivity index is 1.46. The van der Waals surface area contributed by atoms with Gasteiger partial charge in [-0.2, -0.15) is 0 Å². The topological polar surface area (TPSA) is 93.0 Å². The summed E-state index contributed by atoms with van der Waals surface area (Å²) < 4.78 is 0. The van der Waals surface area contributed by atoms with Gasteiger partial charge in [-0.1, -0.05) is 30.3 Å². The van der Waals surface area contributed by atoms with Crippen LogP contribution in [-0.2, 0) is 5.41 Å². The quantitative estimate of drug-likeness (QED) is 0.681. The first kappa shape index (κ1) is 23.1. The number of hydrogen-bond acceptors (Lipinski definition) is 6. The first-order valence-electron chi connectivity index (χ1n) is 12.3. The van der Waals surface area contributed by atoms with E-state index in [-0.39, 0.29) is 22.7 Å². The third-order valence-electron chi connectivity index (χ3n) is 8.23. The van der Waals surface area contributed by atoms with Crippen LogP contribution >= 0.6 is 0 Å². The van der Waals surface area contributed by atoms with Gasteiger partial charge in [0.15, 0.2) is 5.75 Å². The SMILES string of the molecule is CN(C)CC1(c2ccccc2)CCC2(CC1)CN(c1ncc(O)cn1)C(=O)N2CC1(O)CCC1. The molecule has 0 radical (unpaired) electrons. The van der Waals surface area contributed by atoms with E-state index in [1.807, 2.05) is 4.90 Å². The highest BCUT2D eigenvalue weighted by Crippen LogP contribution is 2.49. The average molecular weight is 466 g/mol. The second-order valence-electron chi connectivity index (χ2n) is 10.9. The van der Waals surface area contributed by atoms with Gasteiger partial charge >= 0.3 is 6.03 Å². The molecule has 1 saturated heterocycles. The van der Waals surface area contributed by atoms with E-state index < -0.39 is 5.60 Å². The largest absolute Gasteiger partial charge is 0.505 e. The number of aromatic nitrogens is 2. The molecule has 0 atom stereocenters. The van der Waals surface area contributed by atoms with E-state index in [9.17, 15) is 15.0 Å². The van der Waals surface area contributed by atoms with Crippen LogP contribution in [0.15, 0.2) is 42.7 Å². The van der Waals surface area contributed by atoms with Crippen LogP contribution in [0.25, 0.3) is 0 Å². The van der Waals surface area contributed by atoms with Crippen LogP contribution in [0.4, 0.5) is 10.7 Å². The molecule has 3 fully saturated rings. The molecular weight excluding hydrogens is 430 g/mol. The molecule has 5 rings (SSSR count). The third-order valence-corrected chi connectivity index (χ3v) is 8.23. The number of carbonyl (C=O) groups excluding carboxylic acids is 1. The molecule has 2 N–H and O–H groups in total. The average Bonchev–Trinajstić information content (AvgIpc) is 3.07. The minimum Gasteiger partial charge on any atom is -0.505 e. The fourth-order valence-electron chi connectivity index (χ4n) is 6.24. The zero-order valence-electron chi connectivity index (χ0n) is 20.2. The Bertz CT molecular complexity index is 1010. The van der Waals surface area contributed by atoms with Crippen molar-refractivity contribution < 1.29 is 15.0 Å². The Morgan fingerprint density at radius 1 is 1.00 bits per heavy atom. The highest BCUT2D eigenvalue weighted by atomic mass is 16.3. The van der Waals surface area contributed by atoms with Crippen LogP contribution in [0.1, 0.15) is 50.5 Å². The van der Waals surface area contributed by atoms with Crippen LogP contribution in [0, 0.1) is 0 Å². The van der Waals surface area contributed by atoms with E-state index in [1.165, 1.54) is 18.0 Å². The molecule has 34 heavy (non-hydrogen) atoms. The Kier molecular flexibility index (Phi) is 5.76. The maximum atomic E-state index is 13.7. The van der Waals surface area contributed by atoms with Gasteiger partial charge in [0.2, 0.25) is 5.95 Å². The van der Waals surface area contributed by atoms with Gasteiger partial charge in [0.25, 0.3) is 0 Å². The second kappa shape index (κ2) is 8.50. The minimum atomic E-state index is -0.800. The van der Waals surface area contributed by atoms with Crippen molar-refractivity contribution in [1.82, 2.24) is 19.8 Å². The maximum Gasteiger partial charge on any atom is 0.327 e. The number of aromatic hydroxyl groups is 1. The Morgan fingerprint density at radius 3 is 2.21 bits per heavy atom. The molecule has 0 bridgehead atoms. The molecule has 8 nitrogen and oxygen atoms in total. The summed E-state index contributed by atoms with van der Waals surface area (Å²) in [6, 6.07) is 10.6. The van der Waals surface area contributed by atoms with Crippen molar-refractivity contribution in [3.05, 3.63) is 48.3 Å². The van der Waals surface area contributed by atoms with E-state index in [1.54, 1.807) is 4.90 Å². The summed E-state index contributed by atoms with van der Waals surface area (Å²) in [5, 5.41) is 20.6. The summed E-state index contributed by atoms with van der Waals surface area (Å²) >= 11 is 0. The number of nitrogens with zero attached hydrogens (tertiary/aromatic N) is 5. The van der Waals surface area contributed by atoms with Gasteiger partial charge in [-0.15, -0.1) is 0 Å². The second-order valence-corrected chi connectivity index (χ2v) is 10.9. The lowest BCUT2D eigenvalue weighted by atomic mass is 9.63. The number of benzene rings is 1. The third kappa shape index (κ3) is 4.03. The van der Waals surface area contributed by atoms with Crippen molar-refractivity contribution in [3.63, 3.8) is 0 Å². The van der Waals surface area contributed by atoms with Gasteiger partial charge in [-0.05, 0) is 64.6 Å². The van der Waals surface area contributed by atoms with Crippen LogP contribution in [-0.4, -0.2) is 80.9 Å². The Hall–Kier alpha value is -2.71. The number of aliphatic hydroxyl groups is 1. The molecule has 8 heteroatoms. The normalized spacial score (nSPS) is 28.5. The molecule has 2 amide bonds. The zero-order chi connectivity index (χ0) is 24.0. The number of hydrogen-bond donors (Lipinski definition) is 2. The van der Waals surface area contributed by atoms with Crippen molar-refractivity contribution in [2.45, 2.75) is 61.5 Å². The van der Waals surface area contributed by atoms with Crippen LogP contribution < -0.4 is 4.90 Å². The van der Waals surface area contributed by atoms with E-state index in [2.05, 4.69) is 59.3 Å². The van der Waals surface area contributed by atoms with Crippen molar-refractivity contribution >= 4 is 12.0 Å². The minimum absolute atomic E-state index is 0.0280. The predicted molar refractivity (Wildman–Crippen MR) is 130 cm³/mol. The molecule has 182 valence electrons. The number of carbonyl (C=O) groups is 1. The van der Waals surface area contributed by atoms with Crippen molar-refractivity contribution in [1.29, 1.82) is 0 Å². The number of rotatable bonds is 6. The molecule has 2 heterocycles. The summed E-state index contributed by atoms with van der Waals surface area (Å²) in [6.45, 7) is 1.81. The summed E-state index contributed by atoms with van der Waals surface area (Å²) in [4.78, 5) is 27.9. The van der Waals surface area contributed by atoms with Gasteiger partial charge in [0, 0.05) is 12.0 Å². The fraction of sp³-hybridized carbons (Fsp3) is 0.577. The molecule has 1 aromatic heterocycles. The Morgan fingerprint density at radius 2 is 1.65 bits per heavy atom. The zero-order valence-corrected chi connectivity index (χ0v) is 20.2.